The van der Waals surface area contributed by atoms with Crippen LogP contribution in [0.2, 0.25) is 0 Å². The van der Waals surface area contributed by atoms with Crippen molar-refractivity contribution in [3.05, 3.63) is 72.9 Å². The van der Waals surface area contributed by atoms with Gasteiger partial charge in [0.15, 0.2) is 6.10 Å². The Morgan fingerprint density at radius 1 is 0.244 bits per heavy atom. The van der Waals surface area contributed by atoms with Crippen molar-refractivity contribution in [1.29, 1.82) is 0 Å². The number of unbranched alkanes of at least 4 members (excludes halogenated alkanes) is 43. The van der Waals surface area contributed by atoms with Crippen LogP contribution in [-0.4, -0.2) is 37.2 Å². The number of carbonyl (C=O) groups is 3. The molecule has 0 bridgehead atoms. The summed E-state index contributed by atoms with van der Waals surface area (Å²) in [5, 5.41) is 0. The average Bonchev–Trinajstić information content (AvgIpc) is 3.47. The number of hydrogen-bond acceptors (Lipinski definition) is 6. The summed E-state index contributed by atoms with van der Waals surface area (Å²) < 4.78 is 17.0. The minimum atomic E-state index is -0.786. The van der Waals surface area contributed by atoms with Crippen molar-refractivity contribution in [2.75, 3.05) is 13.2 Å². The highest BCUT2D eigenvalue weighted by Crippen LogP contribution is 2.17. The summed E-state index contributed by atoms with van der Waals surface area (Å²) >= 11 is 0. The minimum Gasteiger partial charge on any atom is -0.462 e. The second kappa shape index (κ2) is 70.3. The number of hydrogen-bond donors (Lipinski definition) is 0. The van der Waals surface area contributed by atoms with Crippen LogP contribution in [0.25, 0.3) is 0 Å². The first kappa shape index (κ1) is 78.8. The van der Waals surface area contributed by atoms with E-state index in [0.29, 0.717) is 19.3 Å². The van der Waals surface area contributed by atoms with Crippen molar-refractivity contribution < 1.29 is 28.6 Å². The molecule has 6 heteroatoms. The predicted molar refractivity (Wildman–Crippen MR) is 358 cm³/mol. The van der Waals surface area contributed by atoms with Gasteiger partial charge in [0.25, 0.3) is 0 Å². The molecule has 0 N–H and O–H groups in total. The fraction of sp³-hybridized carbons (Fsp3) is 0.803. The molecule has 0 aliphatic rings. The molecule has 0 heterocycles. The lowest BCUT2D eigenvalue weighted by Gasteiger charge is -2.18. The van der Waals surface area contributed by atoms with Crippen molar-refractivity contribution in [3.8, 4) is 0 Å². The molecule has 0 aliphatic carbocycles. The first-order valence-corrected chi connectivity index (χ1v) is 35.9. The number of esters is 3. The summed E-state index contributed by atoms with van der Waals surface area (Å²) in [6.07, 6.45) is 92.1. The van der Waals surface area contributed by atoms with E-state index >= 15 is 0 Å². The van der Waals surface area contributed by atoms with E-state index in [2.05, 4.69) is 93.7 Å². The van der Waals surface area contributed by atoms with Crippen LogP contribution in [0.15, 0.2) is 72.9 Å². The Morgan fingerprint density at radius 3 is 0.720 bits per heavy atom. The number of allylic oxidation sites excluding steroid dienone is 12. The lowest BCUT2D eigenvalue weighted by Crippen LogP contribution is -2.30. The second-order valence-corrected chi connectivity index (χ2v) is 24.1. The third kappa shape index (κ3) is 67.6. The minimum absolute atomic E-state index is 0.0796. The van der Waals surface area contributed by atoms with Crippen LogP contribution in [-0.2, 0) is 28.6 Å². The van der Waals surface area contributed by atoms with E-state index in [1.165, 1.54) is 244 Å². The lowest BCUT2D eigenvalue weighted by molar-refractivity contribution is -0.167. The topological polar surface area (TPSA) is 78.9 Å². The van der Waals surface area contributed by atoms with Crippen LogP contribution < -0.4 is 0 Å². The highest BCUT2D eigenvalue weighted by atomic mass is 16.6. The number of carbonyl (C=O) groups excluding carboxylic acids is 3. The Morgan fingerprint density at radius 2 is 0.439 bits per heavy atom. The summed E-state index contributed by atoms with van der Waals surface area (Å²) in [4.78, 5) is 38.5. The van der Waals surface area contributed by atoms with Gasteiger partial charge in [-0.25, -0.2) is 0 Å². The molecule has 0 rings (SSSR count). The van der Waals surface area contributed by atoms with E-state index in [-0.39, 0.29) is 31.1 Å². The van der Waals surface area contributed by atoms with E-state index in [1.54, 1.807) is 0 Å². The maximum absolute atomic E-state index is 13.0. The zero-order valence-corrected chi connectivity index (χ0v) is 54.8. The van der Waals surface area contributed by atoms with Crippen molar-refractivity contribution in [2.24, 2.45) is 0 Å². The van der Waals surface area contributed by atoms with Gasteiger partial charge in [0.05, 0.1) is 0 Å². The zero-order valence-electron chi connectivity index (χ0n) is 54.8. The molecule has 1 unspecified atom stereocenters. The largest absolute Gasteiger partial charge is 0.462 e. The van der Waals surface area contributed by atoms with E-state index in [0.717, 1.165) is 89.9 Å². The van der Waals surface area contributed by atoms with Gasteiger partial charge in [-0.2, -0.15) is 0 Å². The molecule has 0 aromatic rings. The molecule has 0 radical (unpaired) electrons. The molecule has 0 saturated carbocycles. The normalized spacial score (nSPS) is 12.5. The van der Waals surface area contributed by atoms with Gasteiger partial charge in [0.1, 0.15) is 13.2 Å². The highest BCUT2D eigenvalue weighted by Gasteiger charge is 2.19. The summed E-state index contributed by atoms with van der Waals surface area (Å²) in [7, 11) is 0. The van der Waals surface area contributed by atoms with Crippen LogP contribution in [0.3, 0.4) is 0 Å². The van der Waals surface area contributed by atoms with Gasteiger partial charge in [-0.15, -0.1) is 0 Å². The molecular formula is C76H136O6. The first-order valence-electron chi connectivity index (χ1n) is 35.9. The summed E-state index contributed by atoms with van der Waals surface area (Å²) in [6.45, 7) is 6.64. The smallest absolute Gasteiger partial charge is 0.306 e. The number of rotatable bonds is 66. The maximum atomic E-state index is 13.0. The van der Waals surface area contributed by atoms with Gasteiger partial charge in [0, 0.05) is 19.3 Å². The van der Waals surface area contributed by atoms with Crippen molar-refractivity contribution in [3.63, 3.8) is 0 Å². The van der Waals surface area contributed by atoms with E-state index in [1.807, 2.05) is 0 Å². The molecule has 0 aromatic heterocycles. The monoisotopic (exact) mass is 1150 g/mol. The molecular weight excluding hydrogens is 1010 g/mol. The molecule has 6 nitrogen and oxygen atoms in total. The second-order valence-electron chi connectivity index (χ2n) is 24.1. The Labute approximate surface area is 510 Å². The molecule has 0 aliphatic heterocycles. The van der Waals surface area contributed by atoms with Gasteiger partial charge in [0.2, 0.25) is 0 Å². The molecule has 0 amide bonds. The van der Waals surface area contributed by atoms with Crippen molar-refractivity contribution >= 4 is 17.9 Å². The average molecular weight is 1150 g/mol. The molecule has 1 atom stereocenters. The third-order valence-electron chi connectivity index (χ3n) is 15.9. The maximum Gasteiger partial charge on any atom is 0.306 e. The SMILES string of the molecule is CCCCC/C=C\C/C=C\C/C=C\CCCCCCCCC(=O)OC(COC(=O)CCCCCCCCC/C=C\CCCCCCCCC)COC(=O)CCCCCCCCCCCCCCCCC/C=C\C/C=C\CCCCCCC. The predicted octanol–water partition coefficient (Wildman–Crippen LogP) is 24.8. The Bertz CT molecular complexity index is 1500. The van der Waals surface area contributed by atoms with Gasteiger partial charge < -0.3 is 14.2 Å². The summed E-state index contributed by atoms with van der Waals surface area (Å²) in [5.41, 5.74) is 0. The van der Waals surface area contributed by atoms with Crippen LogP contribution >= 0.6 is 0 Å². The van der Waals surface area contributed by atoms with Gasteiger partial charge in [-0.1, -0.05) is 312 Å². The Hall–Kier alpha value is -3.15. The fourth-order valence-corrected chi connectivity index (χ4v) is 10.5. The number of ether oxygens (including phenoxy) is 3. The van der Waals surface area contributed by atoms with Gasteiger partial charge >= 0.3 is 17.9 Å². The molecule has 82 heavy (non-hydrogen) atoms. The van der Waals surface area contributed by atoms with Crippen LogP contribution in [0, 0.1) is 0 Å². The lowest BCUT2D eigenvalue weighted by atomic mass is 10.0. The Balaban J connectivity index is 4.32. The zero-order chi connectivity index (χ0) is 59.2. The summed E-state index contributed by atoms with van der Waals surface area (Å²) in [5.74, 6) is -0.876. The standard InChI is InChI=1S/C76H136O6/c1-4-7-10-13-16-19-22-25-28-31-34-35-36-37-38-39-40-41-43-45-48-51-54-57-60-63-66-69-75(78)81-72-73(71-80-74(77)68-65-62-59-56-53-50-47-44-33-30-27-24-21-18-15-12-9-6-3)82-76(79)70-67-64-61-58-55-52-49-46-42-32-29-26-23-20-17-14-11-8-5-2/h17,20,22,25-26,29-31,33-34,42,46,73H,4-16,18-19,21,23-24,27-28,32,35-41,43-45,47-72H2,1-3H3/b20-17-,25-22-,29-26-,33-30-,34-31-,46-42-. The van der Waals surface area contributed by atoms with Crippen molar-refractivity contribution in [2.45, 2.75) is 380 Å². The van der Waals surface area contributed by atoms with Gasteiger partial charge in [-0.05, 0) is 116 Å². The fourth-order valence-electron chi connectivity index (χ4n) is 10.5. The van der Waals surface area contributed by atoms with Crippen LogP contribution in [0.5, 0.6) is 0 Å². The van der Waals surface area contributed by atoms with E-state index in [9.17, 15) is 14.4 Å². The molecule has 0 aromatic carbocycles. The van der Waals surface area contributed by atoms with E-state index < -0.39 is 6.10 Å². The molecule has 0 spiro atoms. The van der Waals surface area contributed by atoms with Crippen molar-refractivity contribution in [1.82, 2.24) is 0 Å². The molecule has 476 valence electrons. The summed E-state index contributed by atoms with van der Waals surface area (Å²) in [6, 6.07) is 0. The first-order chi connectivity index (χ1) is 40.5. The van der Waals surface area contributed by atoms with Gasteiger partial charge in [-0.3, -0.25) is 14.4 Å². The quantitative estimate of drug-likeness (QED) is 0.0261. The molecule has 0 saturated heterocycles. The van der Waals surface area contributed by atoms with Crippen LogP contribution in [0.4, 0.5) is 0 Å². The Kier molecular flexibility index (Phi) is 67.6. The van der Waals surface area contributed by atoms with E-state index in [4.69, 9.17) is 14.2 Å². The van der Waals surface area contributed by atoms with Crippen LogP contribution in [0.1, 0.15) is 374 Å². The highest BCUT2D eigenvalue weighted by molar-refractivity contribution is 5.71. The molecule has 0 fully saturated rings. The third-order valence-corrected chi connectivity index (χ3v) is 15.9.